The monoisotopic (exact) mass is 252 g/mol. The number of carbonyl (C=O) groups is 1. The summed E-state index contributed by atoms with van der Waals surface area (Å²) in [5.41, 5.74) is 1.29. The molecule has 0 saturated heterocycles. The molecule has 1 aromatic rings. The van der Waals surface area contributed by atoms with Crippen molar-refractivity contribution in [3.05, 3.63) is 17.0 Å². The van der Waals surface area contributed by atoms with Gasteiger partial charge in [-0.1, -0.05) is 44.7 Å². The second-order valence-corrected chi connectivity index (χ2v) is 4.60. The Hall–Kier alpha value is -1.32. The van der Waals surface area contributed by atoms with E-state index in [1.165, 1.54) is 25.7 Å². The Bertz CT molecular complexity index is 372. The number of amides is 1. The van der Waals surface area contributed by atoms with Crippen LogP contribution in [0.3, 0.4) is 0 Å². The van der Waals surface area contributed by atoms with Crippen molar-refractivity contribution >= 4 is 5.91 Å². The van der Waals surface area contributed by atoms with E-state index in [4.69, 9.17) is 4.52 Å². The van der Waals surface area contributed by atoms with Crippen LogP contribution in [0.15, 0.2) is 4.52 Å². The normalized spacial score (nSPS) is 10.6. The van der Waals surface area contributed by atoms with Gasteiger partial charge in [0.15, 0.2) is 5.69 Å². The highest BCUT2D eigenvalue weighted by Gasteiger charge is 2.16. The van der Waals surface area contributed by atoms with Crippen LogP contribution in [0.5, 0.6) is 0 Å². The molecule has 4 nitrogen and oxygen atoms in total. The molecule has 1 aromatic heterocycles. The van der Waals surface area contributed by atoms with Gasteiger partial charge < -0.3 is 9.84 Å². The fourth-order valence-corrected chi connectivity index (χ4v) is 1.93. The molecule has 0 fully saturated rings. The van der Waals surface area contributed by atoms with Crippen LogP contribution in [0.2, 0.25) is 0 Å². The maximum absolute atomic E-state index is 11.9. The summed E-state index contributed by atoms with van der Waals surface area (Å²) < 4.78 is 5.11. The molecule has 102 valence electrons. The third-order valence-electron chi connectivity index (χ3n) is 3.12. The number of nitrogens with one attached hydrogen (secondary N) is 1. The Morgan fingerprint density at radius 1 is 1.22 bits per heavy atom. The van der Waals surface area contributed by atoms with Crippen LogP contribution in [-0.4, -0.2) is 17.6 Å². The molecule has 1 N–H and O–H groups in total. The van der Waals surface area contributed by atoms with Crippen LogP contribution < -0.4 is 5.32 Å². The van der Waals surface area contributed by atoms with Gasteiger partial charge in [0.1, 0.15) is 5.76 Å². The van der Waals surface area contributed by atoms with Gasteiger partial charge in [-0.05, 0) is 13.3 Å². The quantitative estimate of drug-likeness (QED) is 0.722. The largest absolute Gasteiger partial charge is 0.360 e. The molecule has 0 aliphatic rings. The lowest BCUT2D eigenvalue weighted by molar-refractivity contribution is 0.0943. The first-order chi connectivity index (χ1) is 8.70. The summed E-state index contributed by atoms with van der Waals surface area (Å²) in [7, 11) is 0. The van der Waals surface area contributed by atoms with Crippen molar-refractivity contribution in [2.24, 2.45) is 0 Å². The first-order valence-electron chi connectivity index (χ1n) is 6.94. The lowest BCUT2D eigenvalue weighted by atomic mass is 10.1. The molecular weight excluding hydrogens is 228 g/mol. The highest BCUT2D eigenvalue weighted by Crippen LogP contribution is 2.13. The van der Waals surface area contributed by atoms with Crippen LogP contribution in [-0.2, 0) is 6.42 Å². The molecule has 1 rings (SSSR count). The summed E-state index contributed by atoms with van der Waals surface area (Å²) in [6.07, 6.45) is 6.73. The van der Waals surface area contributed by atoms with Crippen molar-refractivity contribution in [3.8, 4) is 0 Å². The predicted molar refractivity (Wildman–Crippen MR) is 71.7 cm³/mol. The second kappa shape index (κ2) is 7.90. The molecular formula is C14H24N2O2. The van der Waals surface area contributed by atoms with Crippen molar-refractivity contribution < 1.29 is 9.32 Å². The zero-order valence-corrected chi connectivity index (χ0v) is 11.7. The van der Waals surface area contributed by atoms with Gasteiger partial charge in [-0.25, -0.2) is 0 Å². The fourth-order valence-electron chi connectivity index (χ4n) is 1.93. The summed E-state index contributed by atoms with van der Waals surface area (Å²) in [6.45, 7) is 6.78. The van der Waals surface area contributed by atoms with E-state index in [0.29, 0.717) is 5.69 Å². The Kier molecular flexibility index (Phi) is 6.47. The predicted octanol–water partition coefficient (Wildman–Crippen LogP) is 3.25. The van der Waals surface area contributed by atoms with Crippen LogP contribution >= 0.6 is 0 Å². The van der Waals surface area contributed by atoms with E-state index in [2.05, 4.69) is 17.4 Å². The molecule has 18 heavy (non-hydrogen) atoms. The zero-order chi connectivity index (χ0) is 13.4. The lowest BCUT2D eigenvalue weighted by Gasteiger charge is -2.03. The van der Waals surface area contributed by atoms with Crippen molar-refractivity contribution in [3.63, 3.8) is 0 Å². The van der Waals surface area contributed by atoms with Crippen LogP contribution in [0.25, 0.3) is 0 Å². The number of carbonyl (C=O) groups excluding carboxylic acids is 1. The van der Waals surface area contributed by atoms with E-state index in [1.807, 2.05) is 13.8 Å². The Morgan fingerprint density at radius 2 is 1.94 bits per heavy atom. The molecule has 1 heterocycles. The SMILES string of the molecule is CCCCCCCNC(=O)c1noc(CC)c1C. The molecule has 0 bridgehead atoms. The van der Waals surface area contributed by atoms with Gasteiger partial charge in [0.25, 0.3) is 5.91 Å². The zero-order valence-electron chi connectivity index (χ0n) is 11.7. The van der Waals surface area contributed by atoms with E-state index in [1.54, 1.807) is 0 Å². The number of aromatic nitrogens is 1. The van der Waals surface area contributed by atoms with Crippen molar-refractivity contribution in [2.45, 2.75) is 59.3 Å². The minimum Gasteiger partial charge on any atom is -0.360 e. The maximum atomic E-state index is 11.9. The van der Waals surface area contributed by atoms with Crippen LogP contribution in [0.4, 0.5) is 0 Å². The molecule has 0 saturated carbocycles. The van der Waals surface area contributed by atoms with Crippen LogP contribution in [0, 0.1) is 6.92 Å². The van der Waals surface area contributed by atoms with E-state index in [-0.39, 0.29) is 5.91 Å². The summed E-state index contributed by atoms with van der Waals surface area (Å²) in [6, 6.07) is 0. The number of unbranched alkanes of at least 4 members (excludes halogenated alkanes) is 4. The van der Waals surface area contributed by atoms with Crippen LogP contribution in [0.1, 0.15) is 67.8 Å². The van der Waals surface area contributed by atoms with Gasteiger partial charge in [-0.2, -0.15) is 0 Å². The Balaban J connectivity index is 2.30. The second-order valence-electron chi connectivity index (χ2n) is 4.60. The number of rotatable bonds is 8. The van der Waals surface area contributed by atoms with Gasteiger partial charge >= 0.3 is 0 Å². The van der Waals surface area contributed by atoms with E-state index in [9.17, 15) is 4.79 Å². The minimum atomic E-state index is -0.119. The molecule has 0 unspecified atom stereocenters. The van der Waals surface area contributed by atoms with Gasteiger partial charge in [0.2, 0.25) is 0 Å². The molecule has 0 aliphatic heterocycles. The van der Waals surface area contributed by atoms with Gasteiger partial charge in [-0.3, -0.25) is 4.79 Å². The molecule has 0 aromatic carbocycles. The average molecular weight is 252 g/mol. The number of hydrogen-bond acceptors (Lipinski definition) is 3. The van der Waals surface area contributed by atoms with Gasteiger partial charge in [-0.15, -0.1) is 0 Å². The third kappa shape index (κ3) is 4.17. The Labute approximate surface area is 109 Å². The highest BCUT2D eigenvalue weighted by atomic mass is 16.5. The lowest BCUT2D eigenvalue weighted by Crippen LogP contribution is -2.25. The number of aryl methyl sites for hydroxylation is 1. The maximum Gasteiger partial charge on any atom is 0.273 e. The number of nitrogens with zero attached hydrogens (tertiary/aromatic N) is 1. The van der Waals surface area contributed by atoms with Gasteiger partial charge in [0.05, 0.1) is 0 Å². The molecule has 0 radical (unpaired) electrons. The summed E-state index contributed by atoms with van der Waals surface area (Å²) >= 11 is 0. The molecule has 0 aliphatic carbocycles. The van der Waals surface area contributed by atoms with Crippen molar-refractivity contribution in [2.75, 3.05) is 6.54 Å². The van der Waals surface area contributed by atoms with Gasteiger partial charge in [0, 0.05) is 18.5 Å². The molecule has 4 heteroatoms. The van der Waals surface area contributed by atoms with Crippen molar-refractivity contribution in [1.82, 2.24) is 10.5 Å². The number of hydrogen-bond donors (Lipinski definition) is 1. The minimum absolute atomic E-state index is 0.119. The summed E-state index contributed by atoms with van der Waals surface area (Å²) in [5.74, 6) is 0.675. The smallest absolute Gasteiger partial charge is 0.273 e. The average Bonchev–Trinajstić information content (AvgIpc) is 2.74. The Morgan fingerprint density at radius 3 is 2.56 bits per heavy atom. The summed E-state index contributed by atoms with van der Waals surface area (Å²) in [4.78, 5) is 11.9. The van der Waals surface area contributed by atoms with E-state index >= 15 is 0 Å². The summed E-state index contributed by atoms with van der Waals surface area (Å²) in [5, 5.41) is 6.72. The first kappa shape index (κ1) is 14.7. The standard InChI is InChI=1S/C14H24N2O2/c1-4-6-7-8-9-10-15-14(17)13-11(3)12(5-2)18-16-13/h4-10H2,1-3H3,(H,15,17). The third-order valence-corrected chi connectivity index (χ3v) is 3.12. The van der Waals surface area contributed by atoms with E-state index < -0.39 is 0 Å². The topological polar surface area (TPSA) is 55.1 Å². The first-order valence-corrected chi connectivity index (χ1v) is 6.94. The fraction of sp³-hybridized carbons (Fsp3) is 0.714. The van der Waals surface area contributed by atoms with Crippen molar-refractivity contribution in [1.29, 1.82) is 0 Å². The molecule has 0 spiro atoms. The molecule has 0 atom stereocenters. The highest BCUT2D eigenvalue weighted by molar-refractivity contribution is 5.93. The molecule has 1 amide bonds. The van der Waals surface area contributed by atoms with E-state index in [0.717, 1.165) is 30.7 Å².